The monoisotopic (exact) mass is 686 g/mol. The summed E-state index contributed by atoms with van der Waals surface area (Å²) < 4.78 is 5.23. The molecule has 0 heterocycles. The summed E-state index contributed by atoms with van der Waals surface area (Å²) in [7, 11) is 0. The van der Waals surface area contributed by atoms with Gasteiger partial charge in [0.25, 0.3) is 0 Å². The molecule has 4 aromatic rings. The fourth-order valence-corrected chi connectivity index (χ4v) is 16.9. The van der Waals surface area contributed by atoms with E-state index in [0.29, 0.717) is 0 Å². The van der Waals surface area contributed by atoms with Crippen LogP contribution in [0.25, 0.3) is 21.5 Å². The van der Waals surface area contributed by atoms with Crippen molar-refractivity contribution in [2.45, 2.75) is 19.1 Å². The van der Waals surface area contributed by atoms with E-state index in [4.69, 9.17) is 4.21 Å². The molecule has 4 aliphatic rings. The van der Waals surface area contributed by atoms with Crippen LogP contribution in [-0.2, 0) is 27.5 Å². The van der Waals surface area contributed by atoms with Crippen LogP contribution < -0.4 is 0 Å². The van der Waals surface area contributed by atoms with Crippen LogP contribution >= 0.6 is 24.8 Å². The summed E-state index contributed by atoms with van der Waals surface area (Å²) in [6, 6.07) is 31.9. The van der Waals surface area contributed by atoms with E-state index in [1.807, 2.05) is 0 Å². The van der Waals surface area contributed by atoms with E-state index >= 15 is 0 Å². The molecule has 0 amide bonds. The summed E-state index contributed by atoms with van der Waals surface area (Å²) in [4.78, 5) is 0. The van der Waals surface area contributed by atoms with Gasteiger partial charge in [0, 0.05) is 0 Å². The number of benzene rings is 4. The van der Waals surface area contributed by atoms with Gasteiger partial charge in [-0.15, -0.1) is 24.8 Å². The van der Waals surface area contributed by atoms with Crippen molar-refractivity contribution in [1.82, 2.24) is 0 Å². The van der Waals surface area contributed by atoms with Crippen molar-refractivity contribution < 1.29 is 21.3 Å². The van der Waals surface area contributed by atoms with Crippen molar-refractivity contribution in [2.24, 2.45) is 0 Å². The van der Waals surface area contributed by atoms with E-state index in [9.17, 15) is 0 Å². The minimum absolute atomic E-state index is 0. The standard InChI is InChI=1S/2C20H15.CH2.2ClH.Zr/c2*1-2-7-16-13-14-20(18(16)10-3-1)19-12-6-9-15-8-4-5-11-17(15)19;;;;/h2*1-13H,14H2;1H2;2*1H;. The second-order valence-corrected chi connectivity index (χ2v) is 18.3. The van der Waals surface area contributed by atoms with E-state index in [-0.39, 0.29) is 31.1 Å². The predicted molar refractivity (Wildman–Crippen MR) is 191 cm³/mol. The van der Waals surface area contributed by atoms with Crippen LogP contribution in [0.2, 0.25) is 0 Å². The molecule has 0 aromatic heterocycles. The second kappa shape index (κ2) is 12.2. The van der Waals surface area contributed by atoms with Crippen molar-refractivity contribution in [2.75, 3.05) is 0 Å². The Hall–Kier alpha value is -3.35. The summed E-state index contributed by atoms with van der Waals surface area (Å²) in [6.45, 7) is 0. The number of allylic oxidation sites excluding steroid dienone is 16. The first-order valence-electron chi connectivity index (χ1n) is 14.9. The van der Waals surface area contributed by atoms with Gasteiger partial charge in [0.2, 0.25) is 0 Å². The van der Waals surface area contributed by atoms with Crippen molar-refractivity contribution in [1.29, 1.82) is 0 Å². The topological polar surface area (TPSA) is 0 Å². The molecule has 3 heteroatoms. The van der Waals surface area contributed by atoms with Crippen molar-refractivity contribution in [3.05, 3.63) is 191 Å². The van der Waals surface area contributed by atoms with Gasteiger partial charge in [-0.05, 0) is 0 Å². The summed E-state index contributed by atoms with van der Waals surface area (Å²) in [6.07, 6.45) is 29.7. The Kier molecular flexibility index (Phi) is 8.51. The summed E-state index contributed by atoms with van der Waals surface area (Å²) in [5.74, 6) is 0. The molecule has 0 bridgehead atoms. The maximum absolute atomic E-state index is 5.51. The molecule has 8 rings (SSSR count). The fourth-order valence-electron chi connectivity index (χ4n) is 7.97. The van der Waals surface area contributed by atoms with E-state index < -0.39 is 21.3 Å². The van der Waals surface area contributed by atoms with Crippen LogP contribution in [-0.4, -0.2) is 4.21 Å². The molecule has 2 atom stereocenters. The van der Waals surface area contributed by atoms with Gasteiger partial charge in [-0.25, -0.2) is 0 Å². The molecule has 0 fully saturated rings. The third-order valence-electron chi connectivity index (χ3n) is 9.85. The van der Waals surface area contributed by atoms with Gasteiger partial charge in [0.15, 0.2) is 0 Å². The van der Waals surface area contributed by atoms with Crippen LogP contribution in [0, 0.1) is 0 Å². The number of rotatable bonds is 4. The van der Waals surface area contributed by atoms with Gasteiger partial charge >= 0.3 is 257 Å². The number of hydrogen-bond acceptors (Lipinski definition) is 0. The van der Waals surface area contributed by atoms with Crippen LogP contribution in [0.1, 0.15) is 24.0 Å². The molecule has 0 aliphatic heterocycles. The molecule has 0 nitrogen and oxygen atoms in total. The molecule has 216 valence electrons. The zero-order valence-corrected chi connectivity index (χ0v) is 28.5. The van der Waals surface area contributed by atoms with Crippen molar-refractivity contribution in [3.8, 4) is 0 Å². The van der Waals surface area contributed by atoms with Gasteiger partial charge in [0.1, 0.15) is 0 Å². The molecule has 4 aliphatic carbocycles. The molecule has 0 saturated carbocycles. The van der Waals surface area contributed by atoms with Crippen LogP contribution in [0.3, 0.4) is 0 Å². The van der Waals surface area contributed by atoms with Gasteiger partial charge in [-0.3, -0.25) is 0 Å². The number of fused-ring (bicyclic) bond motifs is 4. The molecule has 0 radical (unpaired) electrons. The molecule has 0 spiro atoms. The fraction of sp³-hybridized carbons (Fsp3) is 0.0976. The summed E-state index contributed by atoms with van der Waals surface area (Å²) in [5.41, 5.74) is 8.56. The number of hydrogen-bond donors (Lipinski definition) is 0. The molecule has 4 aromatic carbocycles. The SMILES string of the molecule is Cl.Cl.[CH2]=[Zr]([C]1(c2cccc3ccccc23)CC=C2C=CC=CC=C21)[C]1(c2cccc3ccccc23)CC=C2C=CC=CC=C21. The normalized spacial score (nSPS) is 22.9. The zero-order valence-electron chi connectivity index (χ0n) is 24.4. The molecular formula is C41H34Cl2Zr. The molecule has 2 unspecified atom stereocenters. The van der Waals surface area contributed by atoms with Gasteiger partial charge in [-0.2, -0.15) is 0 Å². The third-order valence-corrected chi connectivity index (χ3v) is 18.6. The third kappa shape index (κ3) is 4.48. The van der Waals surface area contributed by atoms with Gasteiger partial charge in [0.05, 0.1) is 0 Å². The Labute approximate surface area is 280 Å². The Morgan fingerprint density at radius 3 is 1.41 bits per heavy atom. The Bertz CT molecular complexity index is 1910. The van der Waals surface area contributed by atoms with Crippen LogP contribution in [0.4, 0.5) is 0 Å². The molecular weight excluding hydrogens is 655 g/mol. The van der Waals surface area contributed by atoms with Crippen LogP contribution in [0.15, 0.2) is 180 Å². The van der Waals surface area contributed by atoms with E-state index in [1.165, 1.54) is 55.0 Å². The van der Waals surface area contributed by atoms with Crippen molar-refractivity contribution in [3.63, 3.8) is 0 Å². The molecule has 44 heavy (non-hydrogen) atoms. The first-order chi connectivity index (χ1) is 20.7. The second-order valence-electron chi connectivity index (χ2n) is 11.7. The first-order valence-corrected chi connectivity index (χ1v) is 19.1. The molecule has 0 saturated heterocycles. The summed E-state index contributed by atoms with van der Waals surface area (Å²) >= 11 is -2.97. The zero-order chi connectivity index (χ0) is 28.1. The van der Waals surface area contributed by atoms with E-state index in [1.54, 1.807) is 0 Å². The average molecular weight is 689 g/mol. The van der Waals surface area contributed by atoms with E-state index in [2.05, 4.69) is 158 Å². The first kappa shape index (κ1) is 30.7. The predicted octanol–water partition coefficient (Wildman–Crippen LogP) is 10.7. The Morgan fingerprint density at radius 2 is 0.932 bits per heavy atom. The quantitative estimate of drug-likeness (QED) is 0.200. The Balaban J connectivity index is 0.00000171. The Morgan fingerprint density at radius 1 is 0.500 bits per heavy atom. The van der Waals surface area contributed by atoms with Crippen LogP contribution in [0.5, 0.6) is 0 Å². The maximum atomic E-state index is 5.51. The van der Waals surface area contributed by atoms with Gasteiger partial charge in [-0.1, -0.05) is 0 Å². The molecule has 0 N–H and O–H groups in total. The van der Waals surface area contributed by atoms with Gasteiger partial charge < -0.3 is 0 Å². The summed E-state index contributed by atoms with van der Waals surface area (Å²) in [5, 5.41) is 5.35. The number of halogens is 2. The average Bonchev–Trinajstić information content (AvgIpc) is 3.35. The minimum atomic E-state index is -2.97. The van der Waals surface area contributed by atoms with E-state index in [0.717, 1.165) is 12.8 Å². The van der Waals surface area contributed by atoms with Crippen molar-refractivity contribution >= 4 is 50.6 Å².